The second-order valence-corrected chi connectivity index (χ2v) is 6.16. The third-order valence-corrected chi connectivity index (χ3v) is 4.91. The number of methoxy groups -OCH3 is 1. The van der Waals surface area contributed by atoms with Crippen molar-refractivity contribution in [2.45, 2.75) is 18.4 Å². The maximum absolute atomic E-state index is 13.0. The van der Waals surface area contributed by atoms with Crippen LogP contribution in [0.1, 0.15) is 28.3 Å². The van der Waals surface area contributed by atoms with Gasteiger partial charge in [0.15, 0.2) is 5.78 Å². The highest BCUT2D eigenvalue weighted by molar-refractivity contribution is 6.02. The number of Topliss-reactive ketones (excluding diaryl/α,β-unsaturated/α-hetero) is 1. The smallest absolute Gasteiger partial charge is 0.185 e. The normalized spacial score (nSPS) is 24.5. The van der Waals surface area contributed by atoms with Gasteiger partial charge in [-0.05, 0) is 30.2 Å². The van der Waals surface area contributed by atoms with Crippen molar-refractivity contribution in [3.63, 3.8) is 0 Å². The number of ether oxygens (including phenoxy) is 1. The number of benzene rings is 2. The van der Waals surface area contributed by atoms with Gasteiger partial charge in [0.1, 0.15) is 5.75 Å². The van der Waals surface area contributed by atoms with Gasteiger partial charge in [-0.25, -0.2) is 0 Å². The molecule has 1 aliphatic heterocycles. The van der Waals surface area contributed by atoms with Crippen molar-refractivity contribution >= 4 is 11.5 Å². The van der Waals surface area contributed by atoms with E-state index in [4.69, 9.17) is 4.74 Å². The lowest BCUT2D eigenvalue weighted by Crippen LogP contribution is -2.42. The number of hydrogen-bond donors (Lipinski definition) is 1. The Hall–Kier alpha value is -2.55. The van der Waals surface area contributed by atoms with Crippen LogP contribution in [0.25, 0.3) is 0 Å². The quantitative estimate of drug-likeness (QED) is 0.687. The van der Waals surface area contributed by atoms with E-state index in [1.165, 1.54) is 5.56 Å². The van der Waals surface area contributed by atoms with Crippen LogP contribution in [0, 0.1) is 5.92 Å². The van der Waals surface area contributed by atoms with Gasteiger partial charge in [0.05, 0.1) is 13.2 Å². The summed E-state index contributed by atoms with van der Waals surface area (Å²) >= 11 is 0. The number of rotatable bonds is 3. The van der Waals surface area contributed by atoms with E-state index in [2.05, 4.69) is 23.5 Å². The first-order chi connectivity index (χ1) is 11.3. The van der Waals surface area contributed by atoms with Crippen LogP contribution in [0.2, 0.25) is 0 Å². The van der Waals surface area contributed by atoms with E-state index in [-0.39, 0.29) is 23.7 Å². The SMILES string of the molecule is COc1ccc2c(c1)[C@@H]1C=CC[C@@H]1[C@H](C(=O)c1ccccc1)N2. The fourth-order valence-corrected chi connectivity index (χ4v) is 3.74. The molecule has 4 rings (SSSR count). The summed E-state index contributed by atoms with van der Waals surface area (Å²) in [5, 5.41) is 3.47. The molecule has 0 saturated heterocycles. The molecule has 0 amide bonds. The van der Waals surface area contributed by atoms with Gasteiger partial charge in [0.2, 0.25) is 0 Å². The molecule has 0 saturated carbocycles. The van der Waals surface area contributed by atoms with Gasteiger partial charge in [-0.2, -0.15) is 0 Å². The van der Waals surface area contributed by atoms with Crippen LogP contribution < -0.4 is 10.1 Å². The first-order valence-corrected chi connectivity index (χ1v) is 7.98. The molecule has 3 nitrogen and oxygen atoms in total. The summed E-state index contributed by atoms with van der Waals surface area (Å²) in [5.74, 6) is 1.57. The molecule has 3 atom stereocenters. The molecule has 2 aromatic carbocycles. The van der Waals surface area contributed by atoms with Gasteiger partial charge in [-0.1, -0.05) is 42.5 Å². The molecule has 116 valence electrons. The minimum Gasteiger partial charge on any atom is -0.497 e. The zero-order valence-electron chi connectivity index (χ0n) is 13.0. The third kappa shape index (κ3) is 2.33. The van der Waals surface area contributed by atoms with E-state index in [0.717, 1.165) is 23.4 Å². The van der Waals surface area contributed by atoms with E-state index >= 15 is 0 Å². The standard InChI is InChI=1S/C20H19NO2/c1-23-14-10-11-18-17(12-14)15-8-5-9-16(15)19(21-18)20(22)13-6-3-2-4-7-13/h2-8,10-12,15-16,19,21H,9H2,1H3/t15-,16+,19-/m1/s1. The molecular weight excluding hydrogens is 286 g/mol. The summed E-state index contributed by atoms with van der Waals surface area (Å²) in [5.41, 5.74) is 3.03. The largest absolute Gasteiger partial charge is 0.497 e. The lowest BCUT2D eigenvalue weighted by atomic mass is 9.77. The molecule has 0 bridgehead atoms. The lowest BCUT2D eigenvalue weighted by molar-refractivity contribution is 0.0938. The number of nitrogens with one attached hydrogen (secondary N) is 1. The van der Waals surface area contributed by atoms with Crippen LogP contribution in [0.5, 0.6) is 5.75 Å². The molecule has 1 heterocycles. The van der Waals surface area contributed by atoms with Crippen molar-refractivity contribution in [2.24, 2.45) is 5.92 Å². The van der Waals surface area contributed by atoms with Crippen molar-refractivity contribution in [3.05, 3.63) is 71.8 Å². The second-order valence-electron chi connectivity index (χ2n) is 6.16. The van der Waals surface area contributed by atoms with Gasteiger partial charge >= 0.3 is 0 Å². The highest BCUT2D eigenvalue weighted by atomic mass is 16.5. The maximum Gasteiger partial charge on any atom is 0.185 e. The lowest BCUT2D eigenvalue weighted by Gasteiger charge is -2.36. The van der Waals surface area contributed by atoms with Crippen molar-refractivity contribution in [2.75, 3.05) is 12.4 Å². The minimum absolute atomic E-state index is 0.172. The van der Waals surface area contributed by atoms with E-state index in [1.807, 2.05) is 42.5 Å². The molecule has 2 aromatic rings. The number of carbonyl (C=O) groups excluding carboxylic acids is 1. The molecule has 0 spiro atoms. The van der Waals surface area contributed by atoms with Gasteiger partial charge in [-0.3, -0.25) is 4.79 Å². The molecule has 3 heteroatoms. The average molecular weight is 305 g/mol. The van der Waals surface area contributed by atoms with Crippen molar-refractivity contribution in [3.8, 4) is 5.75 Å². The number of carbonyl (C=O) groups is 1. The Balaban J connectivity index is 1.72. The van der Waals surface area contributed by atoms with Gasteiger partial charge in [0, 0.05) is 23.1 Å². The van der Waals surface area contributed by atoms with Gasteiger partial charge in [-0.15, -0.1) is 0 Å². The zero-order valence-corrected chi connectivity index (χ0v) is 13.0. The van der Waals surface area contributed by atoms with E-state index < -0.39 is 0 Å². The van der Waals surface area contributed by atoms with Gasteiger partial charge < -0.3 is 10.1 Å². The van der Waals surface area contributed by atoms with Gasteiger partial charge in [0.25, 0.3) is 0 Å². The average Bonchev–Trinajstić information content (AvgIpc) is 3.11. The maximum atomic E-state index is 13.0. The molecule has 23 heavy (non-hydrogen) atoms. The Morgan fingerprint density at radius 2 is 2.00 bits per heavy atom. The Bertz CT molecular complexity index is 766. The molecule has 0 radical (unpaired) electrons. The molecule has 2 aliphatic rings. The molecule has 1 N–H and O–H groups in total. The Morgan fingerprint density at radius 3 is 2.78 bits per heavy atom. The first-order valence-electron chi connectivity index (χ1n) is 7.98. The third-order valence-electron chi connectivity index (χ3n) is 4.91. The minimum atomic E-state index is -0.182. The highest BCUT2D eigenvalue weighted by Gasteiger charge is 2.40. The van der Waals surface area contributed by atoms with Crippen LogP contribution in [0.15, 0.2) is 60.7 Å². The Kier molecular flexibility index (Phi) is 3.41. The Morgan fingerprint density at radius 1 is 1.17 bits per heavy atom. The van der Waals surface area contributed by atoms with E-state index in [9.17, 15) is 4.79 Å². The summed E-state index contributed by atoms with van der Waals surface area (Å²) < 4.78 is 5.35. The fraction of sp³-hybridized carbons (Fsp3) is 0.250. The zero-order chi connectivity index (χ0) is 15.8. The van der Waals surface area contributed by atoms with Crippen LogP contribution in [0.4, 0.5) is 5.69 Å². The number of fused-ring (bicyclic) bond motifs is 3. The van der Waals surface area contributed by atoms with Crippen molar-refractivity contribution in [1.29, 1.82) is 0 Å². The topological polar surface area (TPSA) is 38.3 Å². The summed E-state index contributed by atoms with van der Waals surface area (Å²) in [6.45, 7) is 0. The number of anilines is 1. The number of hydrogen-bond acceptors (Lipinski definition) is 3. The highest BCUT2D eigenvalue weighted by Crippen LogP contribution is 2.46. The molecule has 1 aliphatic carbocycles. The second kappa shape index (κ2) is 5.58. The predicted octanol–water partition coefficient (Wildman–Crippen LogP) is 4.03. The number of ketones is 1. The Labute approximate surface area is 136 Å². The van der Waals surface area contributed by atoms with Crippen LogP contribution in [-0.4, -0.2) is 18.9 Å². The fourth-order valence-electron chi connectivity index (χ4n) is 3.74. The molecule has 0 unspecified atom stereocenters. The molecule has 0 aromatic heterocycles. The van der Waals surface area contributed by atoms with Crippen LogP contribution in [-0.2, 0) is 0 Å². The van der Waals surface area contributed by atoms with E-state index in [1.54, 1.807) is 7.11 Å². The van der Waals surface area contributed by atoms with Crippen molar-refractivity contribution < 1.29 is 9.53 Å². The van der Waals surface area contributed by atoms with E-state index in [0.29, 0.717) is 0 Å². The summed E-state index contributed by atoms with van der Waals surface area (Å²) in [7, 11) is 1.68. The van der Waals surface area contributed by atoms with Crippen LogP contribution in [0.3, 0.4) is 0 Å². The van der Waals surface area contributed by atoms with Crippen LogP contribution >= 0.6 is 0 Å². The molecule has 0 fully saturated rings. The first kappa shape index (κ1) is 14.1. The summed E-state index contributed by atoms with van der Waals surface area (Å²) in [6.07, 6.45) is 5.35. The number of allylic oxidation sites excluding steroid dienone is 2. The van der Waals surface area contributed by atoms with Crippen molar-refractivity contribution in [1.82, 2.24) is 0 Å². The monoisotopic (exact) mass is 305 g/mol. The summed E-state index contributed by atoms with van der Waals surface area (Å²) in [6, 6.07) is 15.4. The summed E-state index contributed by atoms with van der Waals surface area (Å²) in [4.78, 5) is 13.0. The molecular formula is C20H19NO2. The predicted molar refractivity (Wildman–Crippen MR) is 91.2 cm³/mol.